The van der Waals surface area contributed by atoms with E-state index in [1.165, 1.54) is 0 Å². The van der Waals surface area contributed by atoms with Gasteiger partial charge in [0.1, 0.15) is 18.1 Å². The second-order valence-electron chi connectivity index (χ2n) is 5.67. The Bertz CT molecular complexity index is 699. The molecule has 2 aliphatic heterocycles. The topological polar surface area (TPSA) is 111 Å². The first-order valence-corrected chi connectivity index (χ1v) is 7.41. The second-order valence-corrected chi connectivity index (χ2v) is 5.67. The first-order chi connectivity index (χ1) is 11.0. The van der Waals surface area contributed by atoms with Gasteiger partial charge in [0.05, 0.1) is 17.2 Å². The quantitative estimate of drug-likeness (QED) is 0.626. The van der Waals surface area contributed by atoms with E-state index in [2.05, 4.69) is 4.90 Å². The number of methoxy groups -OCH3 is 1. The zero-order valence-electron chi connectivity index (χ0n) is 12.9. The lowest BCUT2D eigenvalue weighted by Gasteiger charge is -2.23. The lowest BCUT2D eigenvalue weighted by Crippen LogP contribution is -2.46. The molecule has 0 spiro atoms. The molecule has 1 saturated heterocycles. The van der Waals surface area contributed by atoms with Crippen molar-refractivity contribution in [1.29, 1.82) is 0 Å². The number of nitrogens with zero attached hydrogens (tertiary/aromatic N) is 1. The van der Waals surface area contributed by atoms with Crippen molar-refractivity contribution in [3.8, 4) is 5.75 Å². The first-order valence-electron chi connectivity index (χ1n) is 7.41. The summed E-state index contributed by atoms with van der Waals surface area (Å²) in [6.07, 6.45) is 1.23. The van der Waals surface area contributed by atoms with Crippen LogP contribution >= 0.6 is 0 Å². The zero-order valence-corrected chi connectivity index (χ0v) is 12.9. The number of carboxylic acids is 1. The third-order valence-electron chi connectivity index (χ3n) is 4.35. The zero-order chi connectivity index (χ0) is 16.6. The minimum atomic E-state index is -1.20. The van der Waals surface area contributed by atoms with Crippen LogP contribution in [0.4, 0.5) is 5.69 Å². The van der Waals surface area contributed by atoms with E-state index >= 15 is 0 Å². The number of rotatable bonds is 3. The molecule has 2 heterocycles. The number of hydrogen-bond donors (Lipinski definition) is 3. The Balaban J connectivity index is 1.88. The minimum absolute atomic E-state index is 0.0567. The van der Waals surface area contributed by atoms with Gasteiger partial charge in [-0.3, -0.25) is 5.41 Å². The molecule has 3 rings (SSSR count). The van der Waals surface area contributed by atoms with Crippen molar-refractivity contribution in [3.63, 3.8) is 0 Å². The van der Waals surface area contributed by atoms with E-state index in [4.69, 9.17) is 25.7 Å². The number of ether oxygens (including phenoxy) is 2. The lowest BCUT2D eigenvalue weighted by atomic mass is 9.97. The smallest absolute Gasteiger partial charge is 0.352 e. The molecule has 23 heavy (non-hydrogen) atoms. The third kappa shape index (κ3) is 2.75. The Hall–Kier alpha value is -2.54. The summed E-state index contributed by atoms with van der Waals surface area (Å²) >= 11 is 0. The van der Waals surface area contributed by atoms with Gasteiger partial charge in [-0.05, 0) is 18.6 Å². The molecule has 1 fully saturated rings. The summed E-state index contributed by atoms with van der Waals surface area (Å²) in [4.78, 5) is 13.2. The average molecular weight is 318 g/mol. The molecule has 0 radical (unpaired) electrons. The van der Waals surface area contributed by atoms with Crippen molar-refractivity contribution in [1.82, 2.24) is 0 Å². The number of benzene rings is 1. The van der Waals surface area contributed by atoms with Crippen LogP contribution in [0, 0.1) is 0 Å². The van der Waals surface area contributed by atoms with Gasteiger partial charge < -0.3 is 25.2 Å². The SMILES string of the molecule is COC1CCN(c2ccc3c(c2)OCC(=C(N)C(=O)O)C3=[NH2+])C1. The summed E-state index contributed by atoms with van der Waals surface area (Å²) in [7, 11) is 1.72. The third-order valence-corrected chi connectivity index (χ3v) is 4.35. The molecule has 7 nitrogen and oxygen atoms in total. The molecule has 1 atom stereocenters. The van der Waals surface area contributed by atoms with Gasteiger partial charge in [0, 0.05) is 32.0 Å². The van der Waals surface area contributed by atoms with Crippen LogP contribution < -0.4 is 20.8 Å². The van der Waals surface area contributed by atoms with Gasteiger partial charge in [-0.2, -0.15) is 0 Å². The molecule has 0 amide bonds. The van der Waals surface area contributed by atoms with E-state index in [1.54, 1.807) is 7.11 Å². The molecule has 0 bridgehead atoms. The Labute approximate surface area is 133 Å². The Morgan fingerprint density at radius 2 is 2.30 bits per heavy atom. The summed E-state index contributed by atoms with van der Waals surface area (Å²) in [5.74, 6) is -0.558. The maximum Gasteiger partial charge on any atom is 0.352 e. The summed E-state index contributed by atoms with van der Waals surface area (Å²) in [5.41, 5.74) is 7.68. The van der Waals surface area contributed by atoms with Crippen LogP contribution in [-0.4, -0.2) is 49.7 Å². The van der Waals surface area contributed by atoms with Crippen molar-refractivity contribution in [2.24, 2.45) is 5.73 Å². The molecule has 1 aromatic rings. The number of aliphatic carboxylic acids is 1. The number of fused-ring (bicyclic) bond motifs is 1. The van der Waals surface area contributed by atoms with E-state index in [-0.39, 0.29) is 18.4 Å². The van der Waals surface area contributed by atoms with Crippen molar-refractivity contribution >= 4 is 17.4 Å². The van der Waals surface area contributed by atoms with E-state index in [9.17, 15) is 4.79 Å². The summed E-state index contributed by atoms with van der Waals surface area (Å²) < 4.78 is 11.1. The van der Waals surface area contributed by atoms with Crippen molar-refractivity contribution in [2.45, 2.75) is 12.5 Å². The number of nitrogens with two attached hydrogens (primary N) is 2. The van der Waals surface area contributed by atoms with Crippen molar-refractivity contribution in [2.75, 3.05) is 31.7 Å². The van der Waals surface area contributed by atoms with E-state index in [0.29, 0.717) is 22.6 Å². The van der Waals surface area contributed by atoms with Gasteiger partial charge in [-0.1, -0.05) is 0 Å². The second kappa shape index (κ2) is 5.92. The highest BCUT2D eigenvalue weighted by atomic mass is 16.5. The fourth-order valence-corrected chi connectivity index (χ4v) is 2.95. The predicted octanol–water partition coefficient (Wildman–Crippen LogP) is -0.850. The van der Waals surface area contributed by atoms with Crippen LogP contribution in [0.3, 0.4) is 0 Å². The van der Waals surface area contributed by atoms with Crippen LogP contribution in [0.2, 0.25) is 0 Å². The molecular formula is C16H20N3O4+. The normalized spacial score (nSPS) is 22.6. The number of carbonyl (C=O) groups is 1. The summed E-state index contributed by atoms with van der Waals surface area (Å²) in [6, 6.07) is 5.72. The maximum absolute atomic E-state index is 11.0. The Morgan fingerprint density at radius 3 is 2.96 bits per heavy atom. The molecule has 7 heteroatoms. The average Bonchev–Trinajstić information content (AvgIpc) is 3.03. The molecule has 0 aromatic heterocycles. The molecule has 1 unspecified atom stereocenters. The number of hydrogen-bond acceptors (Lipinski definition) is 5. The number of carboxylic acid groups (broad SMARTS) is 1. The number of anilines is 1. The van der Waals surface area contributed by atoms with E-state index < -0.39 is 5.97 Å². The maximum atomic E-state index is 11.0. The molecule has 0 saturated carbocycles. The summed E-state index contributed by atoms with van der Waals surface area (Å²) in [6.45, 7) is 1.82. The highest BCUT2D eigenvalue weighted by Crippen LogP contribution is 2.32. The lowest BCUT2D eigenvalue weighted by molar-refractivity contribution is -0.133. The summed E-state index contributed by atoms with van der Waals surface area (Å²) in [5, 5.41) is 15.1. The van der Waals surface area contributed by atoms with Gasteiger partial charge in [-0.25, -0.2) is 4.79 Å². The van der Waals surface area contributed by atoms with Gasteiger partial charge in [-0.15, -0.1) is 0 Å². The van der Waals surface area contributed by atoms with Crippen molar-refractivity contribution < 1.29 is 24.8 Å². The van der Waals surface area contributed by atoms with Gasteiger partial charge in [0.15, 0.2) is 0 Å². The Kier molecular flexibility index (Phi) is 3.96. The fourth-order valence-electron chi connectivity index (χ4n) is 2.95. The monoisotopic (exact) mass is 318 g/mol. The van der Waals surface area contributed by atoms with E-state index in [1.807, 2.05) is 18.2 Å². The van der Waals surface area contributed by atoms with Crippen LogP contribution in [0.1, 0.15) is 12.0 Å². The largest absolute Gasteiger partial charge is 0.488 e. The molecule has 5 N–H and O–H groups in total. The molecule has 2 aliphatic rings. The molecule has 1 aromatic carbocycles. The standard InChI is InChI=1S/C16H19N3O4/c1-22-10-4-5-19(7-10)9-2-3-11-13(6-9)23-8-12(14(11)17)15(18)16(20)21/h2-3,6,10,17H,4-5,7-8,18H2,1H3,(H,20,21)/p+1. The van der Waals surface area contributed by atoms with Crippen molar-refractivity contribution in [3.05, 3.63) is 35.0 Å². The first kappa shape index (κ1) is 15.4. The fraction of sp³-hybridized carbons (Fsp3) is 0.375. The Morgan fingerprint density at radius 1 is 1.52 bits per heavy atom. The van der Waals surface area contributed by atoms with Gasteiger partial charge in [0.25, 0.3) is 0 Å². The van der Waals surface area contributed by atoms with E-state index in [0.717, 1.165) is 25.2 Å². The minimum Gasteiger partial charge on any atom is -0.488 e. The predicted molar refractivity (Wildman–Crippen MR) is 84.4 cm³/mol. The highest BCUT2D eigenvalue weighted by molar-refractivity contribution is 6.14. The van der Waals surface area contributed by atoms with Crippen LogP contribution in [0.25, 0.3) is 0 Å². The molecule has 0 aliphatic carbocycles. The van der Waals surface area contributed by atoms with Crippen LogP contribution in [0.5, 0.6) is 5.75 Å². The van der Waals surface area contributed by atoms with Crippen LogP contribution in [-0.2, 0) is 9.53 Å². The van der Waals surface area contributed by atoms with Gasteiger partial charge >= 0.3 is 5.97 Å². The highest BCUT2D eigenvalue weighted by Gasteiger charge is 2.30. The van der Waals surface area contributed by atoms with Crippen LogP contribution in [0.15, 0.2) is 29.5 Å². The molecule has 122 valence electrons. The van der Waals surface area contributed by atoms with Gasteiger partial charge in [0.2, 0.25) is 5.71 Å². The molecular weight excluding hydrogens is 298 g/mol.